The summed E-state index contributed by atoms with van der Waals surface area (Å²) >= 11 is 3.42. The highest BCUT2D eigenvalue weighted by molar-refractivity contribution is 9.10. The zero-order valence-electron chi connectivity index (χ0n) is 11.3. The lowest BCUT2D eigenvalue weighted by Gasteiger charge is -2.32. The second-order valence-corrected chi connectivity index (χ2v) is 6.06. The molecule has 1 aromatic rings. The van der Waals surface area contributed by atoms with Crippen molar-refractivity contribution in [3.63, 3.8) is 0 Å². The largest absolute Gasteiger partial charge is 0.501 e. The van der Waals surface area contributed by atoms with Crippen LogP contribution < -0.4 is 10.2 Å². The van der Waals surface area contributed by atoms with Crippen molar-refractivity contribution < 1.29 is 14.0 Å². The van der Waals surface area contributed by atoms with Crippen LogP contribution in [0.4, 0.5) is 0 Å². The minimum atomic E-state index is -0.479. The summed E-state index contributed by atoms with van der Waals surface area (Å²) < 4.78 is 18.0. The Hall–Kier alpha value is -0.585. The number of halogens is 1. The topological polar surface area (TPSA) is 40.6 Å². The smallest absolute Gasteiger partial charge is 0.497 e. The molecule has 1 aliphatic rings. The molecule has 1 fully saturated rings. The SMILES string of the molecule is COc1ccnc(Br)c1B1OC(C)(C)C(C)(C)O1. The Morgan fingerprint density at radius 3 is 2.28 bits per heavy atom. The van der Waals surface area contributed by atoms with Crippen LogP contribution in [-0.4, -0.2) is 30.4 Å². The highest BCUT2D eigenvalue weighted by Crippen LogP contribution is 2.37. The van der Waals surface area contributed by atoms with Gasteiger partial charge in [0.05, 0.1) is 23.8 Å². The molecule has 1 aliphatic heterocycles. The molecule has 0 aliphatic carbocycles. The number of methoxy groups -OCH3 is 1. The highest BCUT2D eigenvalue weighted by Gasteiger charge is 2.53. The van der Waals surface area contributed by atoms with E-state index in [4.69, 9.17) is 14.0 Å². The standard InChI is InChI=1S/C12H17BBrNO3/c1-11(2)12(3,4)18-13(17-11)9-8(16-5)6-7-15-10(9)14/h6-7H,1-5H3. The summed E-state index contributed by atoms with van der Waals surface area (Å²) in [6, 6.07) is 1.80. The molecule has 0 amide bonds. The fourth-order valence-corrected chi connectivity index (χ4v) is 2.28. The maximum absolute atomic E-state index is 6.00. The van der Waals surface area contributed by atoms with Gasteiger partial charge in [0, 0.05) is 6.20 Å². The van der Waals surface area contributed by atoms with Gasteiger partial charge in [-0.25, -0.2) is 4.98 Å². The molecule has 1 aromatic heterocycles. The number of hydrogen-bond acceptors (Lipinski definition) is 4. The molecule has 0 radical (unpaired) electrons. The second-order valence-electron chi connectivity index (χ2n) is 5.31. The van der Waals surface area contributed by atoms with E-state index in [-0.39, 0.29) is 11.2 Å². The average Bonchev–Trinajstić information content (AvgIpc) is 2.47. The van der Waals surface area contributed by atoms with E-state index in [0.717, 1.165) is 5.46 Å². The van der Waals surface area contributed by atoms with Crippen molar-refractivity contribution >= 4 is 28.5 Å². The van der Waals surface area contributed by atoms with Crippen molar-refractivity contribution in [2.75, 3.05) is 7.11 Å². The first-order chi connectivity index (χ1) is 8.28. The van der Waals surface area contributed by atoms with Crippen LogP contribution in [0.15, 0.2) is 16.9 Å². The fourth-order valence-electron chi connectivity index (χ4n) is 1.78. The minimum absolute atomic E-state index is 0.377. The van der Waals surface area contributed by atoms with Crippen LogP contribution in [-0.2, 0) is 9.31 Å². The van der Waals surface area contributed by atoms with Crippen LogP contribution in [0.1, 0.15) is 27.7 Å². The average molecular weight is 314 g/mol. The maximum atomic E-state index is 6.00. The van der Waals surface area contributed by atoms with Gasteiger partial charge in [0.2, 0.25) is 0 Å². The molecular formula is C12H17BBrNO3. The quantitative estimate of drug-likeness (QED) is 0.619. The second kappa shape index (κ2) is 4.51. The summed E-state index contributed by atoms with van der Waals surface area (Å²) in [5.74, 6) is 0.704. The summed E-state index contributed by atoms with van der Waals surface area (Å²) in [5, 5.41) is 0. The van der Waals surface area contributed by atoms with Crippen LogP contribution in [0, 0.1) is 0 Å². The number of ether oxygens (including phenoxy) is 1. The van der Waals surface area contributed by atoms with E-state index < -0.39 is 7.12 Å². The first kappa shape index (κ1) is 13.8. The molecule has 0 spiro atoms. The lowest BCUT2D eigenvalue weighted by molar-refractivity contribution is 0.00578. The number of hydrogen-bond donors (Lipinski definition) is 0. The molecular weight excluding hydrogens is 297 g/mol. The van der Waals surface area contributed by atoms with E-state index in [0.29, 0.717) is 10.4 Å². The molecule has 0 saturated carbocycles. The Balaban J connectivity index is 2.41. The molecule has 0 atom stereocenters. The zero-order chi connectivity index (χ0) is 13.6. The lowest BCUT2D eigenvalue weighted by atomic mass is 9.79. The first-order valence-corrected chi connectivity index (χ1v) is 6.62. The Labute approximate surface area is 116 Å². The van der Waals surface area contributed by atoms with E-state index in [1.54, 1.807) is 19.4 Å². The zero-order valence-corrected chi connectivity index (χ0v) is 12.9. The fraction of sp³-hybridized carbons (Fsp3) is 0.583. The van der Waals surface area contributed by atoms with Crippen molar-refractivity contribution in [3.05, 3.63) is 16.9 Å². The summed E-state index contributed by atoms with van der Waals surface area (Å²) in [5.41, 5.74) is 0.0364. The van der Waals surface area contributed by atoms with E-state index in [1.807, 2.05) is 27.7 Å². The van der Waals surface area contributed by atoms with Crippen LogP contribution in [0.25, 0.3) is 0 Å². The van der Waals surface area contributed by atoms with E-state index in [2.05, 4.69) is 20.9 Å². The molecule has 1 saturated heterocycles. The monoisotopic (exact) mass is 313 g/mol. The van der Waals surface area contributed by atoms with Crippen LogP contribution in [0.5, 0.6) is 5.75 Å². The van der Waals surface area contributed by atoms with Gasteiger partial charge in [0.25, 0.3) is 0 Å². The van der Waals surface area contributed by atoms with Gasteiger partial charge < -0.3 is 14.0 Å². The number of pyridine rings is 1. The normalized spacial score (nSPS) is 21.1. The number of aromatic nitrogens is 1. The molecule has 4 nitrogen and oxygen atoms in total. The molecule has 0 N–H and O–H groups in total. The van der Waals surface area contributed by atoms with Gasteiger partial charge in [-0.2, -0.15) is 0 Å². The number of rotatable bonds is 2. The lowest BCUT2D eigenvalue weighted by Crippen LogP contribution is -2.41. The third-order valence-electron chi connectivity index (χ3n) is 3.61. The van der Waals surface area contributed by atoms with E-state index in [9.17, 15) is 0 Å². The van der Waals surface area contributed by atoms with E-state index >= 15 is 0 Å². The van der Waals surface area contributed by atoms with Gasteiger partial charge in [0.1, 0.15) is 10.4 Å². The van der Waals surface area contributed by atoms with Crippen LogP contribution in [0.3, 0.4) is 0 Å². The molecule has 0 bridgehead atoms. The predicted octanol–water partition coefficient (Wildman–Crippen LogP) is 2.15. The highest BCUT2D eigenvalue weighted by atomic mass is 79.9. The van der Waals surface area contributed by atoms with Gasteiger partial charge in [-0.1, -0.05) is 0 Å². The van der Waals surface area contributed by atoms with Crippen molar-refractivity contribution in [1.29, 1.82) is 0 Å². The third kappa shape index (κ3) is 2.17. The summed E-state index contributed by atoms with van der Waals surface area (Å²) in [7, 11) is 1.14. The first-order valence-electron chi connectivity index (χ1n) is 5.82. The van der Waals surface area contributed by atoms with Gasteiger partial charge >= 0.3 is 7.12 Å². The van der Waals surface area contributed by atoms with Gasteiger partial charge in [-0.15, -0.1) is 0 Å². The Kier molecular flexibility index (Phi) is 3.47. The van der Waals surface area contributed by atoms with E-state index in [1.165, 1.54) is 0 Å². The predicted molar refractivity (Wildman–Crippen MR) is 74.2 cm³/mol. The summed E-state index contributed by atoms with van der Waals surface area (Å²) in [6.45, 7) is 8.07. The van der Waals surface area contributed by atoms with Gasteiger partial charge in [-0.05, 0) is 49.7 Å². The van der Waals surface area contributed by atoms with Crippen molar-refractivity contribution in [1.82, 2.24) is 4.98 Å². The molecule has 0 unspecified atom stereocenters. The summed E-state index contributed by atoms with van der Waals surface area (Å²) in [6.07, 6.45) is 1.68. The van der Waals surface area contributed by atoms with Crippen molar-refractivity contribution in [2.24, 2.45) is 0 Å². The molecule has 18 heavy (non-hydrogen) atoms. The van der Waals surface area contributed by atoms with Crippen molar-refractivity contribution in [3.8, 4) is 5.75 Å². The third-order valence-corrected chi connectivity index (χ3v) is 4.24. The molecule has 2 heterocycles. The van der Waals surface area contributed by atoms with Gasteiger partial charge in [0.15, 0.2) is 0 Å². The Bertz CT molecular complexity index is 449. The van der Waals surface area contributed by atoms with Crippen molar-refractivity contribution in [2.45, 2.75) is 38.9 Å². The Morgan fingerprint density at radius 1 is 1.22 bits per heavy atom. The van der Waals surface area contributed by atoms with Crippen LogP contribution in [0.2, 0.25) is 0 Å². The minimum Gasteiger partial charge on any atom is -0.497 e. The maximum Gasteiger partial charge on any atom is 0.501 e. The van der Waals surface area contributed by atoms with Gasteiger partial charge in [-0.3, -0.25) is 0 Å². The molecule has 98 valence electrons. The number of nitrogens with zero attached hydrogens (tertiary/aromatic N) is 1. The molecule has 0 aromatic carbocycles. The summed E-state index contributed by atoms with van der Waals surface area (Å²) in [4.78, 5) is 4.20. The molecule has 2 rings (SSSR count). The molecule has 6 heteroatoms. The Morgan fingerprint density at radius 2 is 1.78 bits per heavy atom. The van der Waals surface area contributed by atoms with Crippen LogP contribution >= 0.6 is 15.9 Å².